The molecule has 0 bridgehead atoms. The number of quaternary nitrogens is 1. The second kappa shape index (κ2) is 11.7. The van der Waals surface area contributed by atoms with Gasteiger partial charge < -0.3 is 18.6 Å². The van der Waals surface area contributed by atoms with Crippen LogP contribution in [-0.2, 0) is 24.4 Å². The van der Waals surface area contributed by atoms with Crippen molar-refractivity contribution in [1.82, 2.24) is 5.32 Å². The summed E-state index contributed by atoms with van der Waals surface area (Å²) in [5.74, 6) is -0.306. The van der Waals surface area contributed by atoms with Crippen LogP contribution in [0.2, 0.25) is 0 Å². The summed E-state index contributed by atoms with van der Waals surface area (Å²) in [7, 11) is 0.936. The third kappa shape index (κ3) is 8.36. The molecule has 0 radical (unpaired) electrons. The average Bonchev–Trinajstić information content (AvgIpc) is 2.67. The fraction of sp³-hybridized carbons (Fsp3) is 0.769. The fourth-order valence-corrected chi connectivity index (χ4v) is 5.78. The highest BCUT2D eigenvalue weighted by Crippen LogP contribution is 2.60. The zero-order valence-corrected chi connectivity index (χ0v) is 23.9. The largest absolute Gasteiger partial charge is 0.507 e. The number of phenols is 1. The van der Waals surface area contributed by atoms with E-state index in [1.807, 2.05) is 26.0 Å². The summed E-state index contributed by atoms with van der Waals surface area (Å²) in [5, 5.41) is 14.7. The lowest BCUT2D eigenvalue weighted by atomic mass is 9.78. The Balaban J connectivity index is 3.58. The molecular weight excluding hydrogens is 435 g/mol. The molecular formula is C26H50N2O4P+. The zero-order chi connectivity index (χ0) is 25.7. The number of nitrogens with one attached hydrogen (secondary N) is 1. The van der Waals surface area contributed by atoms with E-state index in [2.05, 4.69) is 67.9 Å². The topological polar surface area (TPSA) is 67.8 Å². The van der Waals surface area contributed by atoms with Gasteiger partial charge in [0.15, 0.2) is 0 Å². The summed E-state index contributed by atoms with van der Waals surface area (Å²) in [5.41, 5.74) is 1.93. The molecule has 6 nitrogen and oxygen atoms in total. The summed E-state index contributed by atoms with van der Waals surface area (Å²) < 4.78 is 26.5. The van der Waals surface area contributed by atoms with E-state index in [-0.39, 0.29) is 10.8 Å². The van der Waals surface area contributed by atoms with Crippen LogP contribution >= 0.6 is 7.60 Å². The van der Waals surface area contributed by atoms with Gasteiger partial charge in [-0.25, -0.2) is 0 Å². The van der Waals surface area contributed by atoms with Gasteiger partial charge in [0.2, 0.25) is 0 Å². The summed E-state index contributed by atoms with van der Waals surface area (Å²) in [6.07, 6.45) is 0.936. The number of hydrogen-bond acceptors (Lipinski definition) is 5. The van der Waals surface area contributed by atoms with Gasteiger partial charge in [-0.2, -0.15) is 0 Å². The van der Waals surface area contributed by atoms with E-state index in [0.717, 1.165) is 40.7 Å². The van der Waals surface area contributed by atoms with E-state index in [1.54, 1.807) is 0 Å². The van der Waals surface area contributed by atoms with Gasteiger partial charge in [0.25, 0.3) is 0 Å². The lowest BCUT2D eigenvalue weighted by Gasteiger charge is -2.33. The highest BCUT2D eigenvalue weighted by Gasteiger charge is 2.39. The predicted octanol–water partition coefficient (Wildman–Crippen LogP) is 6.33. The van der Waals surface area contributed by atoms with Crippen molar-refractivity contribution < 1.29 is 23.2 Å². The van der Waals surface area contributed by atoms with Gasteiger partial charge >= 0.3 is 7.60 Å². The molecule has 0 aromatic heterocycles. The number of rotatable bonds is 12. The lowest BCUT2D eigenvalue weighted by molar-refractivity contribution is -0.888. The molecule has 0 saturated heterocycles. The maximum atomic E-state index is 14.0. The quantitative estimate of drug-likeness (QED) is 0.206. The summed E-state index contributed by atoms with van der Waals surface area (Å²) in [6.45, 7) is 21.7. The third-order valence-electron chi connectivity index (χ3n) is 6.13. The molecule has 0 heterocycles. The summed E-state index contributed by atoms with van der Waals surface area (Å²) >= 11 is 0. The van der Waals surface area contributed by atoms with E-state index in [0.29, 0.717) is 25.5 Å². The van der Waals surface area contributed by atoms with Crippen molar-refractivity contribution in [3.05, 3.63) is 28.8 Å². The van der Waals surface area contributed by atoms with E-state index < -0.39 is 13.4 Å². The van der Waals surface area contributed by atoms with Crippen molar-refractivity contribution >= 4 is 7.60 Å². The van der Waals surface area contributed by atoms with Crippen LogP contribution < -0.4 is 5.32 Å². The molecule has 0 aliphatic heterocycles. The standard InChI is InChI=1S/C26H49N2O4P/c1-12-28(10,11)17-15-16-27-24(33(30,31-13-2)32-14-3)20-18-21(25(4,5)6)23(29)22(19-20)26(7,8)9/h18-19,24,27H,12-17H2,1-11H3/p+1. The monoisotopic (exact) mass is 485 g/mol. The molecule has 33 heavy (non-hydrogen) atoms. The summed E-state index contributed by atoms with van der Waals surface area (Å²) in [4.78, 5) is 0. The number of aromatic hydroxyl groups is 1. The van der Waals surface area contributed by atoms with Crippen molar-refractivity contribution in [2.45, 2.75) is 85.3 Å². The predicted molar refractivity (Wildman–Crippen MR) is 139 cm³/mol. The Morgan fingerprint density at radius 3 is 1.79 bits per heavy atom. The molecule has 0 aliphatic carbocycles. The molecule has 1 unspecified atom stereocenters. The van der Waals surface area contributed by atoms with Crippen LogP contribution in [-0.4, -0.2) is 56.5 Å². The van der Waals surface area contributed by atoms with Crippen LogP contribution in [0.5, 0.6) is 5.75 Å². The molecule has 192 valence electrons. The van der Waals surface area contributed by atoms with Crippen molar-refractivity contribution in [3.8, 4) is 5.75 Å². The first kappa shape index (κ1) is 30.1. The first-order valence-corrected chi connectivity index (χ1v) is 14.0. The molecule has 1 atom stereocenters. The number of phenolic OH excluding ortho intramolecular Hbond substituents is 1. The molecule has 0 amide bonds. The maximum absolute atomic E-state index is 14.0. The molecule has 0 saturated carbocycles. The van der Waals surface area contributed by atoms with Crippen molar-refractivity contribution in [3.63, 3.8) is 0 Å². The van der Waals surface area contributed by atoms with E-state index in [9.17, 15) is 9.67 Å². The minimum atomic E-state index is -3.50. The smallest absolute Gasteiger partial charge is 0.351 e. The van der Waals surface area contributed by atoms with Crippen molar-refractivity contribution in [1.29, 1.82) is 0 Å². The van der Waals surface area contributed by atoms with Crippen molar-refractivity contribution in [2.75, 3.05) is 46.9 Å². The second-order valence-electron chi connectivity index (χ2n) is 11.5. The van der Waals surface area contributed by atoms with Crippen molar-refractivity contribution in [2.24, 2.45) is 0 Å². The first-order chi connectivity index (χ1) is 15.0. The van der Waals surface area contributed by atoms with Gasteiger partial charge in [0, 0.05) is 13.0 Å². The van der Waals surface area contributed by atoms with Gasteiger partial charge in [-0.3, -0.25) is 9.88 Å². The maximum Gasteiger partial charge on any atom is 0.351 e. The normalized spacial score (nSPS) is 14.5. The SMILES string of the molecule is CCOP(=O)(OCC)C(NCCC[N+](C)(C)CC)c1cc(C(C)(C)C)c(O)c(C(C)(C)C)c1. The Morgan fingerprint density at radius 1 is 0.970 bits per heavy atom. The van der Waals surface area contributed by atoms with Crippen LogP contribution in [0.3, 0.4) is 0 Å². The van der Waals surface area contributed by atoms with Gasteiger partial charge in [-0.15, -0.1) is 0 Å². The molecule has 1 rings (SSSR count). The van der Waals surface area contributed by atoms with E-state index in [4.69, 9.17) is 9.05 Å². The Hall–Kier alpha value is -0.910. The van der Waals surface area contributed by atoms with E-state index >= 15 is 0 Å². The molecule has 0 spiro atoms. The summed E-state index contributed by atoms with van der Waals surface area (Å²) in [6, 6.07) is 3.94. The van der Waals surface area contributed by atoms with Gasteiger partial charge in [0.1, 0.15) is 11.5 Å². The number of nitrogens with zero attached hydrogens (tertiary/aromatic N) is 1. The highest BCUT2D eigenvalue weighted by atomic mass is 31.2. The molecule has 2 N–H and O–H groups in total. The van der Waals surface area contributed by atoms with Crippen LogP contribution in [0.1, 0.15) is 91.2 Å². The Labute approximate surface area is 203 Å². The minimum Gasteiger partial charge on any atom is -0.507 e. The van der Waals surface area contributed by atoms with Gasteiger partial charge in [-0.05, 0) is 60.4 Å². The number of benzene rings is 1. The molecule has 0 aliphatic rings. The molecule has 0 fully saturated rings. The Morgan fingerprint density at radius 2 is 1.42 bits per heavy atom. The second-order valence-corrected chi connectivity index (χ2v) is 13.6. The Bertz CT molecular complexity index is 764. The Kier molecular flexibility index (Phi) is 10.7. The van der Waals surface area contributed by atoms with Crippen LogP contribution in [0.15, 0.2) is 12.1 Å². The minimum absolute atomic E-state index is 0.283. The van der Waals surface area contributed by atoms with E-state index in [1.165, 1.54) is 0 Å². The third-order valence-corrected chi connectivity index (χ3v) is 8.48. The highest BCUT2D eigenvalue weighted by molar-refractivity contribution is 7.54. The zero-order valence-electron chi connectivity index (χ0n) is 23.0. The molecule has 1 aromatic rings. The lowest BCUT2D eigenvalue weighted by Crippen LogP contribution is -2.41. The van der Waals surface area contributed by atoms with Crippen LogP contribution in [0.4, 0.5) is 0 Å². The number of hydrogen-bond donors (Lipinski definition) is 2. The average molecular weight is 486 g/mol. The van der Waals surface area contributed by atoms with Gasteiger partial charge in [0.05, 0.1) is 40.4 Å². The first-order valence-electron chi connectivity index (χ1n) is 12.3. The molecule has 7 heteroatoms. The van der Waals surface area contributed by atoms with Crippen LogP contribution in [0.25, 0.3) is 0 Å². The fourth-order valence-electron chi connectivity index (χ4n) is 3.82. The van der Waals surface area contributed by atoms with Crippen LogP contribution in [0, 0.1) is 0 Å². The van der Waals surface area contributed by atoms with Gasteiger partial charge in [-0.1, -0.05) is 41.5 Å². The molecule has 1 aromatic carbocycles.